The van der Waals surface area contributed by atoms with Gasteiger partial charge in [-0.1, -0.05) is 59.3 Å². The summed E-state index contributed by atoms with van der Waals surface area (Å²) in [4.78, 5) is 78.1. The zero-order chi connectivity index (χ0) is 38.4. The minimum Gasteiger partial charge on any atom is -0.481 e. The van der Waals surface area contributed by atoms with Crippen LogP contribution in [-0.2, 0) is 47.8 Å². The molecule has 0 bridgehead atoms. The number of aliphatic hydroxyl groups excluding tert-OH is 1. The van der Waals surface area contributed by atoms with E-state index in [4.69, 9.17) is 40.1 Å². The number of rotatable bonds is 21. The van der Waals surface area contributed by atoms with Gasteiger partial charge in [0.2, 0.25) is 0 Å². The van der Waals surface area contributed by atoms with Crippen LogP contribution >= 0.6 is 0 Å². The molecule has 1 aliphatic heterocycles. The Hall–Kier alpha value is -3.79. The Morgan fingerprint density at radius 2 is 1.24 bits per heavy atom. The summed E-state index contributed by atoms with van der Waals surface area (Å²) in [6, 6.07) is 0. The number of hydrogen-bond donors (Lipinski definition) is 6. The van der Waals surface area contributed by atoms with Crippen LogP contribution in [0.3, 0.4) is 0 Å². The van der Waals surface area contributed by atoms with Crippen molar-refractivity contribution in [1.82, 2.24) is 0 Å². The SMILES string of the molecule is CCCCC(CCC(=O)O)(C(=O)O)C(O)O.CCCCC(CCC(=O)O)C(=O)O.CCCCC1(CCC(=O)OC)C(=O)OC(C)(C)OC1=O. The van der Waals surface area contributed by atoms with Crippen molar-refractivity contribution < 1.29 is 78.4 Å². The maximum Gasteiger partial charge on any atom is 0.326 e. The van der Waals surface area contributed by atoms with Crippen LogP contribution < -0.4 is 0 Å². The molecule has 0 aromatic heterocycles. The highest BCUT2D eigenvalue weighted by molar-refractivity contribution is 6.02. The Morgan fingerprint density at radius 3 is 1.63 bits per heavy atom. The molecule has 0 aromatic carbocycles. The average Bonchev–Trinajstić information content (AvgIpc) is 3.00. The normalized spacial score (nSPS) is 16.3. The Kier molecular flexibility index (Phi) is 22.7. The first kappa shape index (κ1) is 47.3. The lowest BCUT2D eigenvalue weighted by Gasteiger charge is -2.40. The molecule has 6 N–H and O–H groups in total. The Balaban J connectivity index is 0. The van der Waals surface area contributed by atoms with Crippen LogP contribution in [0.2, 0.25) is 0 Å². The summed E-state index contributed by atoms with van der Waals surface area (Å²) in [7, 11) is 1.27. The van der Waals surface area contributed by atoms with Crippen molar-refractivity contribution in [2.24, 2.45) is 16.7 Å². The van der Waals surface area contributed by atoms with Gasteiger partial charge in [0, 0.05) is 33.1 Å². The predicted molar refractivity (Wildman–Crippen MR) is 172 cm³/mol. The summed E-state index contributed by atoms with van der Waals surface area (Å²) in [6.45, 7) is 8.79. The molecule has 1 fully saturated rings. The molecule has 0 radical (unpaired) electrons. The minimum atomic E-state index is -2.05. The van der Waals surface area contributed by atoms with Crippen molar-refractivity contribution in [1.29, 1.82) is 0 Å². The van der Waals surface area contributed by atoms with Crippen LogP contribution in [0.1, 0.15) is 131 Å². The summed E-state index contributed by atoms with van der Waals surface area (Å²) in [5.74, 6) is -7.76. The fraction of sp³-hybridized carbons (Fsp3) is 0.788. The molecular formula is C33H56O16. The molecule has 16 heteroatoms. The average molecular weight is 709 g/mol. The second kappa shape index (κ2) is 23.5. The number of aliphatic carboxylic acids is 4. The van der Waals surface area contributed by atoms with Crippen molar-refractivity contribution >= 4 is 41.8 Å². The van der Waals surface area contributed by atoms with Crippen molar-refractivity contribution in [3.05, 3.63) is 0 Å². The lowest BCUT2D eigenvalue weighted by molar-refractivity contribution is -0.252. The highest BCUT2D eigenvalue weighted by Crippen LogP contribution is 2.40. The van der Waals surface area contributed by atoms with Gasteiger partial charge in [-0.15, -0.1) is 0 Å². The third-order valence-electron chi connectivity index (χ3n) is 8.04. The molecule has 2 atom stereocenters. The molecule has 1 aliphatic rings. The third-order valence-corrected chi connectivity index (χ3v) is 8.04. The van der Waals surface area contributed by atoms with E-state index in [-0.39, 0.29) is 38.5 Å². The van der Waals surface area contributed by atoms with Crippen molar-refractivity contribution in [2.75, 3.05) is 7.11 Å². The number of aliphatic hydroxyl groups is 2. The number of carbonyl (C=O) groups excluding carboxylic acids is 3. The van der Waals surface area contributed by atoms with Gasteiger partial charge in [-0.3, -0.25) is 33.6 Å². The second-order valence-electron chi connectivity index (χ2n) is 12.4. The van der Waals surface area contributed by atoms with Crippen molar-refractivity contribution in [3.8, 4) is 0 Å². The van der Waals surface area contributed by atoms with E-state index < -0.39 is 77.0 Å². The Labute approximate surface area is 287 Å². The molecule has 284 valence electrons. The molecule has 0 aromatic rings. The molecule has 2 unspecified atom stereocenters. The van der Waals surface area contributed by atoms with Crippen LogP contribution in [0.25, 0.3) is 0 Å². The van der Waals surface area contributed by atoms with Crippen LogP contribution in [-0.4, -0.2) is 91.6 Å². The standard InChI is InChI=1S/C14H22O6.C10H18O6.C9H16O4/c1-5-6-8-14(9-7-10(15)18-4)11(16)19-13(2,3)20-12(14)17;1-2-3-5-10(8(13)14,9(15)16)6-4-7(11)12;1-2-3-4-7(9(12)13)5-6-8(10)11/h5-9H2,1-4H3;8,13-14H,2-6H2,1H3,(H,11,12)(H,15,16);7H,2-6H2,1H3,(H,10,11)(H,12,13). The fourth-order valence-electron chi connectivity index (χ4n) is 4.84. The number of carboxylic acids is 4. The number of esters is 3. The molecule has 1 heterocycles. The van der Waals surface area contributed by atoms with Gasteiger partial charge in [0.15, 0.2) is 11.7 Å². The van der Waals surface area contributed by atoms with Gasteiger partial charge in [-0.05, 0) is 38.5 Å². The zero-order valence-corrected chi connectivity index (χ0v) is 29.5. The number of unbranched alkanes of at least 4 members (excludes halogenated alkanes) is 3. The predicted octanol–water partition coefficient (Wildman–Crippen LogP) is 4.12. The number of hydrogen-bond acceptors (Lipinski definition) is 12. The highest BCUT2D eigenvalue weighted by Gasteiger charge is 2.55. The third kappa shape index (κ3) is 17.4. The van der Waals surface area contributed by atoms with Gasteiger partial charge in [-0.2, -0.15) is 0 Å². The fourth-order valence-corrected chi connectivity index (χ4v) is 4.84. The number of carboxylic acid groups (broad SMARTS) is 4. The van der Waals surface area contributed by atoms with Gasteiger partial charge in [0.1, 0.15) is 5.41 Å². The summed E-state index contributed by atoms with van der Waals surface area (Å²) in [5, 5.41) is 52.9. The number of ether oxygens (including phenoxy) is 3. The van der Waals surface area contributed by atoms with Gasteiger partial charge in [0.05, 0.1) is 13.0 Å². The van der Waals surface area contributed by atoms with Crippen LogP contribution in [0.4, 0.5) is 0 Å². The first-order chi connectivity index (χ1) is 22.7. The molecule has 0 aliphatic carbocycles. The van der Waals surface area contributed by atoms with Crippen LogP contribution in [0.15, 0.2) is 0 Å². The maximum atomic E-state index is 12.3. The van der Waals surface area contributed by atoms with Crippen LogP contribution in [0.5, 0.6) is 0 Å². The van der Waals surface area contributed by atoms with E-state index in [0.717, 1.165) is 19.3 Å². The summed E-state index contributed by atoms with van der Waals surface area (Å²) < 4.78 is 14.9. The Morgan fingerprint density at radius 1 is 0.735 bits per heavy atom. The van der Waals surface area contributed by atoms with E-state index in [9.17, 15) is 33.6 Å². The van der Waals surface area contributed by atoms with Gasteiger partial charge in [0.25, 0.3) is 5.79 Å². The minimum absolute atomic E-state index is 0.0230. The van der Waals surface area contributed by atoms with E-state index in [0.29, 0.717) is 32.1 Å². The first-order valence-electron chi connectivity index (χ1n) is 16.5. The quantitative estimate of drug-likeness (QED) is 0.0556. The molecular weight excluding hydrogens is 652 g/mol. The molecule has 16 nitrogen and oxygen atoms in total. The van der Waals surface area contributed by atoms with E-state index in [1.807, 2.05) is 20.8 Å². The molecule has 1 saturated heterocycles. The summed E-state index contributed by atoms with van der Waals surface area (Å²) in [5.41, 5.74) is -3.16. The topological polar surface area (TPSA) is 269 Å². The van der Waals surface area contributed by atoms with E-state index in [1.54, 1.807) is 0 Å². The Bertz CT molecular complexity index is 1060. The lowest BCUT2D eigenvalue weighted by atomic mass is 9.77. The second-order valence-corrected chi connectivity index (χ2v) is 12.4. The summed E-state index contributed by atoms with van der Waals surface area (Å²) in [6.07, 6.45) is 2.93. The lowest BCUT2D eigenvalue weighted by Crippen LogP contribution is -2.54. The largest absolute Gasteiger partial charge is 0.481 e. The molecule has 0 spiro atoms. The molecule has 1 rings (SSSR count). The van der Waals surface area contributed by atoms with Gasteiger partial charge < -0.3 is 44.8 Å². The van der Waals surface area contributed by atoms with Gasteiger partial charge in [-0.25, -0.2) is 0 Å². The van der Waals surface area contributed by atoms with E-state index in [1.165, 1.54) is 21.0 Å². The van der Waals surface area contributed by atoms with E-state index in [2.05, 4.69) is 4.74 Å². The molecule has 0 saturated carbocycles. The molecule has 49 heavy (non-hydrogen) atoms. The number of cyclic esters (lactones) is 2. The smallest absolute Gasteiger partial charge is 0.326 e. The number of carbonyl (C=O) groups is 7. The monoisotopic (exact) mass is 708 g/mol. The molecule has 0 amide bonds. The summed E-state index contributed by atoms with van der Waals surface area (Å²) >= 11 is 0. The zero-order valence-electron chi connectivity index (χ0n) is 29.5. The van der Waals surface area contributed by atoms with Crippen molar-refractivity contribution in [3.63, 3.8) is 0 Å². The van der Waals surface area contributed by atoms with Crippen molar-refractivity contribution in [2.45, 2.75) is 143 Å². The van der Waals surface area contributed by atoms with Gasteiger partial charge >= 0.3 is 41.8 Å². The number of methoxy groups -OCH3 is 1. The highest BCUT2D eigenvalue weighted by atomic mass is 16.7. The maximum absolute atomic E-state index is 12.3. The van der Waals surface area contributed by atoms with E-state index >= 15 is 0 Å². The first-order valence-corrected chi connectivity index (χ1v) is 16.5. The van der Waals surface area contributed by atoms with Crippen LogP contribution in [0, 0.1) is 16.7 Å².